The third-order valence-corrected chi connectivity index (χ3v) is 2.23. The van der Waals surface area contributed by atoms with Crippen LogP contribution in [0.15, 0.2) is 0 Å². The van der Waals surface area contributed by atoms with Gasteiger partial charge in [0.25, 0.3) is 5.92 Å². The minimum Gasteiger partial charge on any atom is -0.480 e. The number of aliphatic carboxylic acids is 1. The molecule has 3 N–H and O–H groups in total. The summed E-state index contributed by atoms with van der Waals surface area (Å²) >= 11 is 0. The molecule has 1 rings (SSSR count). The van der Waals surface area contributed by atoms with Crippen LogP contribution in [0.4, 0.5) is 8.78 Å². The normalized spacial score (nSPS) is 21.4. The Morgan fingerprint density at radius 1 is 1.53 bits per heavy atom. The van der Waals surface area contributed by atoms with E-state index in [9.17, 15) is 18.4 Å². The summed E-state index contributed by atoms with van der Waals surface area (Å²) in [7, 11) is 0. The largest absolute Gasteiger partial charge is 0.480 e. The average molecular weight is 222 g/mol. The zero-order chi connectivity index (χ0) is 11.6. The first-order valence-electron chi connectivity index (χ1n) is 4.46. The number of carboxylic acid groups (broad SMARTS) is 1. The quantitative estimate of drug-likeness (QED) is 0.684. The van der Waals surface area contributed by atoms with Crippen LogP contribution in [-0.4, -0.2) is 46.9 Å². The number of nitrogens with zero attached hydrogens (tertiary/aromatic N) is 1. The molecule has 0 spiro atoms. The number of likely N-dealkylation sites (tertiary alicyclic amines) is 1. The van der Waals surface area contributed by atoms with Crippen LogP contribution in [0.3, 0.4) is 0 Å². The van der Waals surface area contributed by atoms with E-state index in [2.05, 4.69) is 0 Å². The number of hydrogen-bond acceptors (Lipinski definition) is 3. The first kappa shape index (κ1) is 11.8. The molecule has 1 amide bonds. The van der Waals surface area contributed by atoms with Gasteiger partial charge in [-0.25, -0.2) is 8.78 Å². The third-order valence-electron chi connectivity index (χ3n) is 2.23. The van der Waals surface area contributed by atoms with Gasteiger partial charge in [0.05, 0.1) is 13.0 Å². The smallest absolute Gasteiger partial charge is 0.321 e. The Kier molecular flexibility index (Phi) is 3.23. The Hall–Kier alpha value is -1.24. The molecule has 1 fully saturated rings. The van der Waals surface area contributed by atoms with Gasteiger partial charge < -0.3 is 15.7 Å². The highest BCUT2D eigenvalue weighted by molar-refractivity contribution is 5.84. The SMILES string of the molecule is N[C@@H](CC(=O)N1CCC(F)(F)C1)C(=O)O. The number of hydrogen-bond donors (Lipinski definition) is 2. The molecule has 0 aromatic rings. The third kappa shape index (κ3) is 3.12. The van der Waals surface area contributed by atoms with Crippen molar-refractivity contribution in [2.75, 3.05) is 13.1 Å². The summed E-state index contributed by atoms with van der Waals surface area (Å²) in [5, 5.41) is 8.43. The molecule has 0 bridgehead atoms. The molecule has 0 saturated carbocycles. The number of carboxylic acids is 1. The maximum Gasteiger partial charge on any atom is 0.321 e. The zero-order valence-electron chi connectivity index (χ0n) is 7.95. The molecule has 7 heteroatoms. The topological polar surface area (TPSA) is 83.6 Å². The molecule has 1 saturated heterocycles. The van der Waals surface area contributed by atoms with Crippen molar-refractivity contribution in [2.24, 2.45) is 5.73 Å². The van der Waals surface area contributed by atoms with E-state index in [-0.39, 0.29) is 13.0 Å². The van der Waals surface area contributed by atoms with Crippen LogP contribution in [0, 0.1) is 0 Å². The second kappa shape index (κ2) is 4.09. The zero-order valence-corrected chi connectivity index (χ0v) is 7.95. The van der Waals surface area contributed by atoms with Crippen LogP contribution in [-0.2, 0) is 9.59 Å². The predicted molar refractivity (Wildman–Crippen MR) is 46.4 cm³/mol. The predicted octanol–water partition coefficient (Wildman–Crippen LogP) is -0.344. The summed E-state index contributed by atoms with van der Waals surface area (Å²) in [5.74, 6) is -4.81. The summed E-state index contributed by atoms with van der Waals surface area (Å²) in [6.45, 7) is -0.684. The van der Waals surface area contributed by atoms with Gasteiger partial charge in [0.1, 0.15) is 6.04 Å². The molecule has 1 heterocycles. The second-order valence-corrected chi connectivity index (χ2v) is 3.57. The first-order valence-corrected chi connectivity index (χ1v) is 4.46. The van der Waals surface area contributed by atoms with Crippen LogP contribution in [0.5, 0.6) is 0 Å². The number of carbonyl (C=O) groups excluding carboxylic acids is 1. The van der Waals surface area contributed by atoms with Crippen molar-refractivity contribution in [1.82, 2.24) is 4.90 Å². The Balaban J connectivity index is 2.46. The lowest BCUT2D eigenvalue weighted by Gasteiger charge is -2.17. The van der Waals surface area contributed by atoms with E-state index in [1.165, 1.54) is 0 Å². The first-order chi connectivity index (χ1) is 6.82. The summed E-state index contributed by atoms with van der Waals surface area (Å²) < 4.78 is 25.4. The Morgan fingerprint density at radius 3 is 2.53 bits per heavy atom. The molecule has 5 nitrogen and oxygen atoms in total. The fraction of sp³-hybridized carbons (Fsp3) is 0.750. The second-order valence-electron chi connectivity index (χ2n) is 3.57. The molecule has 1 atom stereocenters. The van der Waals surface area contributed by atoms with Crippen LogP contribution in [0.25, 0.3) is 0 Å². The van der Waals surface area contributed by atoms with Gasteiger partial charge in [-0.1, -0.05) is 0 Å². The van der Waals surface area contributed by atoms with Gasteiger partial charge in [-0.3, -0.25) is 9.59 Å². The molecule has 0 aromatic carbocycles. The lowest BCUT2D eigenvalue weighted by molar-refractivity contribution is -0.142. The van der Waals surface area contributed by atoms with Gasteiger partial charge >= 0.3 is 5.97 Å². The van der Waals surface area contributed by atoms with Gasteiger partial charge in [-0.05, 0) is 0 Å². The van der Waals surface area contributed by atoms with E-state index in [0.29, 0.717) is 0 Å². The molecular weight excluding hydrogens is 210 g/mol. The lowest BCUT2D eigenvalue weighted by atomic mass is 10.2. The van der Waals surface area contributed by atoms with E-state index in [1.54, 1.807) is 0 Å². The number of amides is 1. The number of rotatable bonds is 3. The number of halogens is 2. The van der Waals surface area contributed by atoms with Crippen LogP contribution < -0.4 is 5.73 Å². The van der Waals surface area contributed by atoms with Gasteiger partial charge in [0, 0.05) is 13.0 Å². The van der Waals surface area contributed by atoms with Crippen molar-refractivity contribution in [1.29, 1.82) is 0 Å². The van der Waals surface area contributed by atoms with Gasteiger partial charge in [0.15, 0.2) is 0 Å². The summed E-state index contributed by atoms with van der Waals surface area (Å²) in [4.78, 5) is 22.6. The van der Waals surface area contributed by atoms with E-state index < -0.39 is 36.8 Å². The lowest BCUT2D eigenvalue weighted by Crippen LogP contribution is -2.39. The highest BCUT2D eigenvalue weighted by atomic mass is 19.3. The molecular formula is C8H12F2N2O3. The monoisotopic (exact) mass is 222 g/mol. The van der Waals surface area contributed by atoms with E-state index >= 15 is 0 Å². The fourth-order valence-electron chi connectivity index (χ4n) is 1.35. The van der Waals surface area contributed by atoms with Crippen LogP contribution in [0.1, 0.15) is 12.8 Å². The number of carbonyl (C=O) groups is 2. The molecule has 0 unspecified atom stereocenters. The maximum atomic E-state index is 12.7. The minimum absolute atomic E-state index is 0.0435. The van der Waals surface area contributed by atoms with Crippen LogP contribution in [0.2, 0.25) is 0 Å². The molecule has 0 aliphatic carbocycles. The number of nitrogens with two attached hydrogens (primary N) is 1. The molecule has 86 valence electrons. The Labute approximate surface area is 84.8 Å². The molecule has 1 aliphatic rings. The summed E-state index contributed by atoms with van der Waals surface area (Å²) in [6, 6.07) is -1.33. The highest BCUT2D eigenvalue weighted by Crippen LogP contribution is 2.27. The molecule has 15 heavy (non-hydrogen) atoms. The van der Waals surface area contributed by atoms with Crippen molar-refractivity contribution >= 4 is 11.9 Å². The van der Waals surface area contributed by atoms with E-state index in [0.717, 1.165) is 4.90 Å². The van der Waals surface area contributed by atoms with Gasteiger partial charge in [-0.2, -0.15) is 0 Å². The number of alkyl halides is 2. The van der Waals surface area contributed by atoms with Crippen molar-refractivity contribution in [3.8, 4) is 0 Å². The van der Waals surface area contributed by atoms with Crippen molar-refractivity contribution in [3.63, 3.8) is 0 Å². The van der Waals surface area contributed by atoms with Gasteiger partial charge in [0.2, 0.25) is 5.91 Å². The van der Waals surface area contributed by atoms with Gasteiger partial charge in [-0.15, -0.1) is 0 Å². The Morgan fingerprint density at radius 2 is 2.13 bits per heavy atom. The summed E-state index contributed by atoms with van der Waals surface area (Å²) in [5.41, 5.74) is 5.12. The van der Waals surface area contributed by atoms with Crippen molar-refractivity contribution < 1.29 is 23.5 Å². The standard InChI is InChI=1S/C8H12F2N2O3/c9-8(10)1-2-12(4-8)6(13)3-5(11)7(14)15/h5H,1-4,11H2,(H,14,15)/t5-/m0/s1. The average Bonchev–Trinajstić information content (AvgIpc) is 2.45. The van der Waals surface area contributed by atoms with Crippen molar-refractivity contribution in [3.05, 3.63) is 0 Å². The van der Waals surface area contributed by atoms with Crippen LogP contribution >= 0.6 is 0 Å². The molecule has 0 radical (unpaired) electrons. The summed E-state index contributed by atoms with van der Waals surface area (Å²) in [6.07, 6.45) is -0.813. The van der Waals surface area contributed by atoms with Crippen molar-refractivity contribution in [2.45, 2.75) is 24.8 Å². The minimum atomic E-state index is -2.86. The van der Waals surface area contributed by atoms with E-state index in [4.69, 9.17) is 10.8 Å². The Bertz CT molecular complexity index is 283. The van der Waals surface area contributed by atoms with E-state index in [1.807, 2.05) is 0 Å². The fourth-order valence-corrected chi connectivity index (χ4v) is 1.35. The molecule has 1 aliphatic heterocycles. The molecule has 0 aromatic heterocycles. The highest BCUT2D eigenvalue weighted by Gasteiger charge is 2.40. The maximum absolute atomic E-state index is 12.7.